The quantitative estimate of drug-likeness (QED) is 0.729. The Hall–Kier alpha value is -2.27. The number of fused-ring (bicyclic) bond motifs is 2. The highest BCUT2D eigenvalue weighted by atomic mass is 14.9. The molecule has 2 nitrogen and oxygen atoms in total. The van der Waals surface area contributed by atoms with E-state index in [1.165, 1.54) is 22.4 Å². The van der Waals surface area contributed by atoms with Crippen molar-refractivity contribution in [1.29, 1.82) is 5.26 Å². The lowest BCUT2D eigenvalue weighted by atomic mass is 9.98. The van der Waals surface area contributed by atoms with Crippen LogP contribution in [0.3, 0.4) is 0 Å². The molecule has 82 valence electrons. The summed E-state index contributed by atoms with van der Waals surface area (Å²) in [5, 5.41) is 12.3. The smallest absolute Gasteiger partial charge is 0.0966 e. The molecule has 0 fully saturated rings. The highest BCUT2D eigenvalue weighted by Gasteiger charge is 2.17. The van der Waals surface area contributed by atoms with Crippen LogP contribution in [0.25, 0.3) is 11.8 Å². The van der Waals surface area contributed by atoms with Crippen LogP contribution in [-0.2, 0) is 0 Å². The van der Waals surface area contributed by atoms with Gasteiger partial charge in [-0.1, -0.05) is 36.4 Å². The summed E-state index contributed by atoms with van der Waals surface area (Å²) in [4.78, 5) is 0. The van der Waals surface area contributed by atoms with Crippen LogP contribution < -0.4 is 5.32 Å². The normalized spacial score (nSPS) is 17.2. The van der Waals surface area contributed by atoms with Crippen LogP contribution in [0.1, 0.15) is 17.5 Å². The molecule has 2 heteroatoms. The average Bonchev–Trinajstić information content (AvgIpc) is 2.57. The van der Waals surface area contributed by atoms with Crippen LogP contribution in [-0.4, -0.2) is 6.54 Å². The van der Waals surface area contributed by atoms with E-state index in [9.17, 15) is 0 Å². The molecule has 0 bridgehead atoms. The van der Waals surface area contributed by atoms with Gasteiger partial charge in [-0.3, -0.25) is 0 Å². The second-order valence-electron chi connectivity index (χ2n) is 4.23. The minimum atomic E-state index is 0.629. The fourth-order valence-corrected chi connectivity index (χ4v) is 2.31. The molecule has 1 aromatic rings. The van der Waals surface area contributed by atoms with Crippen molar-refractivity contribution in [2.75, 3.05) is 6.54 Å². The number of allylic oxidation sites excluding steroid dienone is 3. The van der Waals surface area contributed by atoms with Crippen LogP contribution in [0, 0.1) is 11.3 Å². The van der Waals surface area contributed by atoms with Crippen molar-refractivity contribution in [3.63, 3.8) is 0 Å². The van der Waals surface area contributed by atoms with Crippen molar-refractivity contribution in [3.8, 4) is 6.07 Å². The summed E-state index contributed by atoms with van der Waals surface area (Å²) in [6.07, 6.45) is 7.19. The van der Waals surface area contributed by atoms with E-state index >= 15 is 0 Å². The highest BCUT2D eigenvalue weighted by Crippen LogP contribution is 2.30. The minimum Gasteiger partial charge on any atom is -0.380 e. The lowest BCUT2D eigenvalue weighted by molar-refractivity contribution is 0.943. The fourth-order valence-electron chi connectivity index (χ4n) is 2.31. The van der Waals surface area contributed by atoms with E-state index in [0.29, 0.717) is 6.54 Å². The molecule has 1 aromatic carbocycles. The van der Waals surface area contributed by atoms with E-state index in [4.69, 9.17) is 5.26 Å². The van der Waals surface area contributed by atoms with Crippen LogP contribution in [0.2, 0.25) is 0 Å². The molecule has 1 aliphatic carbocycles. The fraction of sp³-hybridized carbons (Fsp3) is 0.133. The molecule has 0 spiro atoms. The third-order valence-corrected chi connectivity index (χ3v) is 3.13. The largest absolute Gasteiger partial charge is 0.380 e. The van der Waals surface area contributed by atoms with Crippen molar-refractivity contribution in [1.82, 2.24) is 5.32 Å². The molecule has 1 aliphatic heterocycles. The summed E-state index contributed by atoms with van der Waals surface area (Å²) in [5.41, 5.74) is 5.64. The molecule has 0 amide bonds. The van der Waals surface area contributed by atoms with E-state index in [-0.39, 0.29) is 0 Å². The first kappa shape index (κ1) is 9.92. The molecule has 0 unspecified atom stereocenters. The Morgan fingerprint density at radius 2 is 2.12 bits per heavy atom. The van der Waals surface area contributed by atoms with Crippen LogP contribution in [0.5, 0.6) is 0 Å². The second kappa shape index (κ2) is 3.95. The first-order valence-electron chi connectivity index (χ1n) is 5.72. The molecule has 1 heterocycles. The van der Waals surface area contributed by atoms with Crippen LogP contribution >= 0.6 is 0 Å². The maximum atomic E-state index is 8.95. The monoisotopic (exact) mass is 220 g/mol. The number of hydrogen-bond acceptors (Lipinski definition) is 2. The van der Waals surface area contributed by atoms with E-state index in [1.54, 1.807) is 0 Å². The van der Waals surface area contributed by atoms with Crippen molar-refractivity contribution < 1.29 is 0 Å². The lowest BCUT2D eigenvalue weighted by Crippen LogP contribution is -2.20. The average molecular weight is 220 g/mol. The van der Waals surface area contributed by atoms with Crippen molar-refractivity contribution in [2.24, 2.45) is 0 Å². The maximum absolute atomic E-state index is 8.95. The Bertz CT molecular complexity index is 598. The number of rotatable bonds is 0. The van der Waals surface area contributed by atoms with Crippen molar-refractivity contribution >= 4 is 11.8 Å². The molecule has 2 aliphatic rings. The van der Waals surface area contributed by atoms with Crippen molar-refractivity contribution in [3.05, 3.63) is 58.7 Å². The summed E-state index contributed by atoms with van der Waals surface area (Å²) in [6.45, 7) is 0.629. The molecule has 17 heavy (non-hydrogen) atoms. The Morgan fingerprint density at radius 3 is 3.00 bits per heavy atom. The second-order valence-corrected chi connectivity index (χ2v) is 4.23. The van der Waals surface area contributed by atoms with Gasteiger partial charge in [-0.2, -0.15) is 5.26 Å². The Balaban J connectivity index is 2.19. The van der Waals surface area contributed by atoms with Gasteiger partial charge < -0.3 is 5.32 Å². The molecule has 0 saturated carbocycles. The first-order valence-corrected chi connectivity index (χ1v) is 5.72. The molecule has 0 saturated heterocycles. The van der Waals surface area contributed by atoms with Gasteiger partial charge in [-0.25, -0.2) is 0 Å². The molecular formula is C15H12N2. The summed E-state index contributed by atoms with van der Waals surface area (Å²) in [7, 11) is 0. The van der Waals surface area contributed by atoms with Gasteiger partial charge in [0.2, 0.25) is 0 Å². The number of nitriles is 1. The van der Waals surface area contributed by atoms with Crippen LogP contribution in [0.4, 0.5) is 0 Å². The molecule has 0 aromatic heterocycles. The standard InChI is InChI=1S/C15H12N2/c16-9-11-8-13-6-3-5-12-4-1-2-7-14(12)15(13)17-10-11/h1-5,7-8,17H,6,10H2. The van der Waals surface area contributed by atoms with E-state index < -0.39 is 0 Å². The highest BCUT2D eigenvalue weighted by molar-refractivity contribution is 5.80. The molecule has 3 rings (SSSR count). The summed E-state index contributed by atoms with van der Waals surface area (Å²) in [5.74, 6) is 0. The third-order valence-electron chi connectivity index (χ3n) is 3.13. The van der Waals surface area contributed by atoms with Crippen molar-refractivity contribution in [2.45, 2.75) is 6.42 Å². The zero-order valence-corrected chi connectivity index (χ0v) is 9.40. The maximum Gasteiger partial charge on any atom is 0.0966 e. The van der Waals surface area contributed by atoms with Gasteiger partial charge in [0.1, 0.15) is 0 Å². The SMILES string of the molecule is N#CC1=CC2=C(NC1)c1ccccc1C=CC2. The van der Waals surface area contributed by atoms with Gasteiger partial charge in [-0.05, 0) is 23.6 Å². The summed E-state index contributed by atoms with van der Waals surface area (Å²) in [6, 6.07) is 10.6. The number of dihydropyridines is 1. The first-order chi connectivity index (χ1) is 8.38. The van der Waals surface area contributed by atoms with Crippen LogP contribution in [0.15, 0.2) is 47.6 Å². The predicted molar refractivity (Wildman–Crippen MR) is 68.7 cm³/mol. The molecular weight excluding hydrogens is 208 g/mol. The van der Waals surface area contributed by atoms with Gasteiger partial charge in [0.05, 0.1) is 12.6 Å². The zero-order valence-electron chi connectivity index (χ0n) is 9.40. The van der Waals surface area contributed by atoms with Gasteiger partial charge >= 0.3 is 0 Å². The number of nitrogens with one attached hydrogen (secondary N) is 1. The van der Waals surface area contributed by atoms with Gasteiger partial charge in [0.15, 0.2) is 0 Å². The van der Waals surface area contributed by atoms with E-state index in [1.807, 2.05) is 18.2 Å². The number of benzene rings is 1. The minimum absolute atomic E-state index is 0.629. The predicted octanol–water partition coefficient (Wildman–Crippen LogP) is 2.87. The summed E-state index contributed by atoms with van der Waals surface area (Å²) >= 11 is 0. The molecule has 0 atom stereocenters. The number of nitrogens with zero attached hydrogens (tertiary/aromatic N) is 1. The molecule has 1 N–H and O–H groups in total. The van der Waals surface area contributed by atoms with E-state index in [0.717, 1.165) is 12.0 Å². The Kier molecular flexibility index (Phi) is 2.31. The number of hydrogen-bond donors (Lipinski definition) is 1. The molecule has 0 radical (unpaired) electrons. The van der Waals surface area contributed by atoms with E-state index in [2.05, 4.69) is 35.7 Å². The third kappa shape index (κ3) is 1.66. The summed E-state index contributed by atoms with van der Waals surface area (Å²) < 4.78 is 0. The van der Waals surface area contributed by atoms with Gasteiger partial charge in [0.25, 0.3) is 0 Å². The lowest BCUT2D eigenvalue weighted by Gasteiger charge is -2.19. The van der Waals surface area contributed by atoms with Gasteiger partial charge in [0, 0.05) is 16.8 Å². The zero-order chi connectivity index (χ0) is 11.7. The topological polar surface area (TPSA) is 35.8 Å². The van der Waals surface area contributed by atoms with Gasteiger partial charge in [-0.15, -0.1) is 0 Å². The Morgan fingerprint density at radius 1 is 1.24 bits per heavy atom. The Labute approximate surface area is 101 Å².